The highest BCUT2D eigenvalue weighted by atomic mass is 32.1. The number of benzene rings is 1. The van der Waals surface area contributed by atoms with Gasteiger partial charge in [0.15, 0.2) is 5.82 Å². The Bertz CT molecular complexity index is 928. The summed E-state index contributed by atoms with van der Waals surface area (Å²) in [5, 5.41) is 0. The van der Waals surface area contributed by atoms with Gasteiger partial charge in [-0.1, -0.05) is 46.8 Å². The van der Waals surface area contributed by atoms with Gasteiger partial charge in [-0.3, -0.25) is 4.79 Å². The number of thiophene rings is 1. The highest BCUT2D eigenvalue weighted by Crippen LogP contribution is 2.31. The Hall–Kier alpha value is -2.14. The summed E-state index contributed by atoms with van der Waals surface area (Å²) >= 11 is 1.56. The minimum Gasteiger partial charge on any atom is -0.337 e. The second-order valence-electron chi connectivity index (χ2n) is 8.24. The summed E-state index contributed by atoms with van der Waals surface area (Å²) in [5.41, 5.74) is 2.16. The van der Waals surface area contributed by atoms with Crippen LogP contribution in [0.15, 0.2) is 36.4 Å². The van der Waals surface area contributed by atoms with Crippen molar-refractivity contribution in [1.29, 1.82) is 0 Å². The summed E-state index contributed by atoms with van der Waals surface area (Å²) in [6, 6.07) is 12.3. The van der Waals surface area contributed by atoms with Gasteiger partial charge in [0.2, 0.25) is 0 Å². The smallest absolute Gasteiger partial charge is 0.263 e. The molecule has 28 heavy (non-hydrogen) atoms. The van der Waals surface area contributed by atoms with E-state index in [-0.39, 0.29) is 5.91 Å². The lowest BCUT2D eigenvalue weighted by Gasteiger charge is -2.25. The van der Waals surface area contributed by atoms with Crippen LogP contribution in [0.25, 0.3) is 21.7 Å². The zero-order valence-electron chi connectivity index (χ0n) is 17.6. The van der Waals surface area contributed by atoms with Gasteiger partial charge in [0.1, 0.15) is 0 Å². The van der Waals surface area contributed by atoms with Gasteiger partial charge in [0.05, 0.1) is 20.8 Å². The van der Waals surface area contributed by atoms with Crippen molar-refractivity contribution in [3.63, 3.8) is 0 Å². The fraction of sp³-hybridized carbons (Fsp3) is 0.478. The van der Waals surface area contributed by atoms with Crippen LogP contribution < -0.4 is 0 Å². The highest BCUT2D eigenvalue weighted by molar-refractivity contribution is 7.17. The minimum absolute atomic E-state index is 0.136. The lowest BCUT2D eigenvalue weighted by Crippen LogP contribution is -2.36. The summed E-state index contributed by atoms with van der Waals surface area (Å²) in [4.78, 5) is 21.9. The summed E-state index contributed by atoms with van der Waals surface area (Å²) in [5.74, 6) is 2.01. The summed E-state index contributed by atoms with van der Waals surface area (Å²) in [6.07, 6.45) is 1.04. The number of fused-ring (bicyclic) bond motifs is 1. The first-order valence-corrected chi connectivity index (χ1v) is 11.1. The first kappa shape index (κ1) is 20.6. The maximum Gasteiger partial charge on any atom is 0.263 e. The molecule has 0 radical (unpaired) electrons. The van der Waals surface area contributed by atoms with Crippen molar-refractivity contribution in [2.24, 2.45) is 11.8 Å². The summed E-state index contributed by atoms with van der Waals surface area (Å²) < 4.78 is 2.27. The predicted molar refractivity (Wildman–Crippen MR) is 119 cm³/mol. The third-order valence-corrected chi connectivity index (χ3v) is 5.67. The van der Waals surface area contributed by atoms with E-state index in [9.17, 15) is 4.79 Å². The van der Waals surface area contributed by atoms with Crippen LogP contribution >= 0.6 is 11.3 Å². The van der Waals surface area contributed by atoms with E-state index in [4.69, 9.17) is 4.98 Å². The van der Waals surface area contributed by atoms with Crippen molar-refractivity contribution >= 4 is 28.3 Å². The molecular weight excluding hydrogens is 366 g/mol. The molecule has 3 aromatic rings. The number of hydrogen-bond donors (Lipinski definition) is 0. The van der Waals surface area contributed by atoms with E-state index in [1.165, 1.54) is 0 Å². The lowest BCUT2D eigenvalue weighted by atomic mass is 10.1. The molecule has 0 aliphatic carbocycles. The molecule has 0 unspecified atom stereocenters. The molecule has 0 aliphatic heterocycles. The van der Waals surface area contributed by atoms with E-state index in [1.807, 2.05) is 23.1 Å². The van der Waals surface area contributed by atoms with Crippen LogP contribution in [0.4, 0.5) is 0 Å². The van der Waals surface area contributed by atoms with Crippen LogP contribution in [0, 0.1) is 11.8 Å². The number of aryl methyl sites for hydroxylation is 1. The third-order valence-electron chi connectivity index (χ3n) is 4.60. The minimum atomic E-state index is 0.136. The molecule has 0 saturated heterocycles. The molecule has 1 amide bonds. The summed E-state index contributed by atoms with van der Waals surface area (Å²) in [6.45, 7) is 13.3. The Balaban J connectivity index is 1.94. The van der Waals surface area contributed by atoms with Crippen LogP contribution in [0.2, 0.25) is 0 Å². The molecule has 2 aromatic heterocycles. The van der Waals surface area contributed by atoms with Crippen LogP contribution in [-0.4, -0.2) is 33.4 Å². The van der Waals surface area contributed by atoms with Crippen molar-refractivity contribution in [1.82, 2.24) is 14.5 Å². The van der Waals surface area contributed by atoms with E-state index >= 15 is 0 Å². The second-order valence-corrected chi connectivity index (χ2v) is 9.32. The van der Waals surface area contributed by atoms with Gasteiger partial charge < -0.3 is 9.47 Å². The Labute approximate surface area is 172 Å². The molecule has 0 bridgehead atoms. The normalized spacial score (nSPS) is 11.7. The topological polar surface area (TPSA) is 38.1 Å². The predicted octanol–water partition coefficient (Wildman–Crippen LogP) is 5.93. The quantitative estimate of drug-likeness (QED) is 0.472. The van der Waals surface area contributed by atoms with Gasteiger partial charge in [-0.15, -0.1) is 11.3 Å². The zero-order chi connectivity index (χ0) is 20.3. The molecule has 0 fully saturated rings. The zero-order valence-corrected chi connectivity index (χ0v) is 18.4. The van der Waals surface area contributed by atoms with Gasteiger partial charge in [-0.05, 0) is 42.5 Å². The number of nitrogens with zero attached hydrogens (tertiary/aromatic N) is 3. The third kappa shape index (κ3) is 4.46. The average molecular weight is 398 g/mol. The Morgan fingerprint density at radius 1 is 1.07 bits per heavy atom. The van der Waals surface area contributed by atoms with E-state index in [1.54, 1.807) is 11.3 Å². The Kier molecular flexibility index (Phi) is 6.55. The number of imidazole rings is 1. The molecule has 0 saturated carbocycles. The van der Waals surface area contributed by atoms with E-state index in [0.29, 0.717) is 11.8 Å². The number of rotatable bonds is 8. The highest BCUT2D eigenvalue weighted by Gasteiger charge is 2.21. The molecule has 1 aromatic carbocycles. The van der Waals surface area contributed by atoms with Crippen LogP contribution in [-0.2, 0) is 6.54 Å². The molecule has 0 N–H and O–H groups in total. The van der Waals surface area contributed by atoms with Gasteiger partial charge in [0.25, 0.3) is 5.91 Å². The molecule has 4 nitrogen and oxygen atoms in total. The second kappa shape index (κ2) is 8.91. The molecule has 5 heteroatoms. The van der Waals surface area contributed by atoms with E-state index in [0.717, 1.165) is 52.7 Å². The van der Waals surface area contributed by atoms with Crippen molar-refractivity contribution in [3.05, 3.63) is 41.3 Å². The average Bonchev–Trinajstić information content (AvgIpc) is 3.25. The molecular formula is C23H31N3OS. The van der Waals surface area contributed by atoms with Crippen molar-refractivity contribution in [2.45, 2.75) is 47.6 Å². The first-order chi connectivity index (χ1) is 13.4. The van der Waals surface area contributed by atoms with Crippen molar-refractivity contribution in [2.75, 3.05) is 13.1 Å². The molecule has 0 atom stereocenters. The Morgan fingerprint density at radius 2 is 1.75 bits per heavy atom. The van der Waals surface area contributed by atoms with Crippen LogP contribution in [0.3, 0.4) is 0 Å². The molecule has 0 aliphatic rings. The molecule has 0 spiro atoms. The number of amides is 1. The van der Waals surface area contributed by atoms with Gasteiger partial charge in [-0.2, -0.15) is 0 Å². The number of para-hydroxylation sites is 2. The maximum absolute atomic E-state index is 13.2. The standard InChI is InChI=1S/C23H31N3OS/c1-6-13-26-19-10-8-7-9-18(19)24-22(26)20-11-12-21(28-20)23(27)25(14-16(2)3)15-17(4)5/h7-12,16-17H,6,13-15H2,1-5H3. The monoisotopic (exact) mass is 397 g/mol. The number of aromatic nitrogens is 2. The Morgan fingerprint density at radius 3 is 2.39 bits per heavy atom. The van der Waals surface area contributed by atoms with Gasteiger partial charge in [0, 0.05) is 19.6 Å². The maximum atomic E-state index is 13.2. The lowest BCUT2D eigenvalue weighted by molar-refractivity contribution is 0.0720. The van der Waals surface area contributed by atoms with Crippen LogP contribution in [0.1, 0.15) is 50.7 Å². The van der Waals surface area contributed by atoms with E-state index in [2.05, 4.69) is 57.4 Å². The first-order valence-electron chi connectivity index (χ1n) is 10.3. The molecule has 3 rings (SSSR count). The fourth-order valence-electron chi connectivity index (χ4n) is 3.56. The SMILES string of the molecule is CCCn1c(-c2ccc(C(=O)N(CC(C)C)CC(C)C)s2)nc2ccccc21. The summed E-state index contributed by atoms with van der Waals surface area (Å²) in [7, 11) is 0. The molecule has 150 valence electrons. The molecule has 2 heterocycles. The van der Waals surface area contributed by atoms with Crippen molar-refractivity contribution < 1.29 is 4.79 Å². The fourth-order valence-corrected chi connectivity index (χ4v) is 4.54. The number of carbonyl (C=O) groups is 1. The van der Waals surface area contributed by atoms with Crippen molar-refractivity contribution in [3.8, 4) is 10.7 Å². The number of hydrogen-bond acceptors (Lipinski definition) is 3. The largest absolute Gasteiger partial charge is 0.337 e. The van der Waals surface area contributed by atoms with Crippen LogP contribution in [0.5, 0.6) is 0 Å². The van der Waals surface area contributed by atoms with Gasteiger partial charge >= 0.3 is 0 Å². The number of carbonyl (C=O) groups excluding carboxylic acids is 1. The van der Waals surface area contributed by atoms with E-state index < -0.39 is 0 Å². The van der Waals surface area contributed by atoms with Gasteiger partial charge in [-0.25, -0.2) is 4.98 Å².